The van der Waals surface area contributed by atoms with Crippen molar-refractivity contribution >= 4 is 16.9 Å². The van der Waals surface area contributed by atoms with E-state index in [1.807, 2.05) is 6.07 Å². The van der Waals surface area contributed by atoms with E-state index >= 15 is 0 Å². The normalized spacial score (nSPS) is 11.5. The topological polar surface area (TPSA) is 50.1 Å². The lowest BCUT2D eigenvalue weighted by atomic mass is 10.1. The van der Waals surface area contributed by atoms with Crippen molar-refractivity contribution in [1.29, 1.82) is 5.26 Å². The number of carbonyl (C=O) groups is 1. The summed E-state index contributed by atoms with van der Waals surface area (Å²) in [4.78, 5) is 12.6. The van der Waals surface area contributed by atoms with Gasteiger partial charge in [0.2, 0.25) is 5.12 Å². The van der Waals surface area contributed by atoms with Gasteiger partial charge in [-0.2, -0.15) is 5.26 Å². The van der Waals surface area contributed by atoms with Crippen LogP contribution in [0.15, 0.2) is 53.4 Å². The van der Waals surface area contributed by atoms with Gasteiger partial charge in [0.05, 0.1) is 18.7 Å². The summed E-state index contributed by atoms with van der Waals surface area (Å²) in [5.74, 6) is 0.682. The van der Waals surface area contributed by atoms with Crippen LogP contribution < -0.4 is 4.74 Å². The van der Waals surface area contributed by atoms with Crippen molar-refractivity contribution in [1.82, 2.24) is 0 Å². The van der Waals surface area contributed by atoms with E-state index in [9.17, 15) is 9.18 Å². The number of carbonyl (C=O) groups excluding carboxylic acids is 1. The minimum absolute atomic E-state index is 0.0302. The summed E-state index contributed by atoms with van der Waals surface area (Å²) in [5.41, 5.74) is 1.09. The minimum atomic E-state index is -1.61. The Kier molecular flexibility index (Phi) is 5.56. The maximum Gasteiger partial charge on any atom is 0.228 e. The summed E-state index contributed by atoms with van der Waals surface area (Å²) in [6.07, 6.45) is -1.64. The number of benzene rings is 2. The van der Waals surface area contributed by atoms with Crippen LogP contribution in [-0.2, 0) is 11.2 Å². The molecule has 3 nitrogen and oxygen atoms in total. The molecule has 0 aliphatic carbocycles. The minimum Gasteiger partial charge on any atom is -0.497 e. The predicted octanol–water partition coefficient (Wildman–Crippen LogP) is 3.77. The van der Waals surface area contributed by atoms with Crippen molar-refractivity contribution in [3.8, 4) is 11.8 Å². The number of nitriles is 1. The van der Waals surface area contributed by atoms with Crippen LogP contribution >= 0.6 is 11.8 Å². The highest BCUT2D eigenvalue weighted by atomic mass is 32.2. The first-order chi connectivity index (χ1) is 10.6. The fraction of sp³-hybridized carbons (Fsp3) is 0.176. The number of nitrogens with zero attached hydrogens (tertiary/aromatic N) is 1. The second-order valence-electron chi connectivity index (χ2n) is 4.58. The molecule has 0 saturated heterocycles. The average molecular weight is 315 g/mol. The van der Waals surface area contributed by atoms with Crippen LogP contribution in [0.2, 0.25) is 0 Å². The predicted molar refractivity (Wildman–Crippen MR) is 83.6 cm³/mol. The van der Waals surface area contributed by atoms with Gasteiger partial charge in [-0.1, -0.05) is 12.1 Å². The van der Waals surface area contributed by atoms with Gasteiger partial charge >= 0.3 is 0 Å². The molecule has 1 unspecified atom stereocenters. The molecule has 0 spiro atoms. The number of rotatable bonds is 5. The molecule has 0 heterocycles. The van der Waals surface area contributed by atoms with E-state index in [4.69, 9.17) is 10.00 Å². The fourth-order valence-electron chi connectivity index (χ4n) is 1.88. The Morgan fingerprint density at radius 2 is 2.05 bits per heavy atom. The number of hydrogen-bond donors (Lipinski definition) is 0. The molecular formula is C17H14FNO2S. The molecule has 2 aromatic carbocycles. The number of ether oxygens (including phenoxy) is 1. The molecule has 0 bridgehead atoms. The van der Waals surface area contributed by atoms with Gasteiger partial charge in [-0.05, 0) is 53.7 Å². The van der Waals surface area contributed by atoms with Gasteiger partial charge in [-0.15, -0.1) is 0 Å². The zero-order valence-electron chi connectivity index (χ0n) is 12.0. The molecule has 0 fully saturated rings. The molecule has 2 aromatic rings. The Balaban J connectivity index is 1.97. The molecule has 5 heteroatoms. The third kappa shape index (κ3) is 4.34. The van der Waals surface area contributed by atoms with Gasteiger partial charge in [0, 0.05) is 11.3 Å². The zero-order valence-corrected chi connectivity index (χ0v) is 12.8. The van der Waals surface area contributed by atoms with E-state index in [2.05, 4.69) is 0 Å². The molecular weight excluding hydrogens is 301 g/mol. The zero-order chi connectivity index (χ0) is 15.9. The number of thioether (sulfide) groups is 1. The maximum absolute atomic E-state index is 14.1. The van der Waals surface area contributed by atoms with Crippen molar-refractivity contribution in [2.24, 2.45) is 0 Å². The van der Waals surface area contributed by atoms with Gasteiger partial charge in [-0.25, -0.2) is 4.39 Å². The quantitative estimate of drug-likeness (QED) is 0.788. The average Bonchev–Trinajstić information content (AvgIpc) is 2.55. The van der Waals surface area contributed by atoms with Gasteiger partial charge in [0.1, 0.15) is 5.75 Å². The first-order valence-corrected chi connectivity index (χ1v) is 7.43. The molecule has 2 rings (SSSR count). The molecule has 0 radical (unpaired) electrons. The van der Waals surface area contributed by atoms with Gasteiger partial charge < -0.3 is 4.74 Å². The molecule has 0 aromatic heterocycles. The Labute approximate surface area is 132 Å². The SMILES string of the molecule is COc1ccc(SC(=O)C(F)Cc2cccc(C#N)c2)cc1. The Hall–Kier alpha value is -2.32. The van der Waals surface area contributed by atoms with E-state index in [0.717, 1.165) is 11.8 Å². The lowest BCUT2D eigenvalue weighted by Gasteiger charge is -2.08. The third-order valence-electron chi connectivity index (χ3n) is 3.00. The van der Waals surface area contributed by atoms with Crippen LogP contribution in [0.4, 0.5) is 4.39 Å². The van der Waals surface area contributed by atoms with Crippen molar-refractivity contribution in [2.45, 2.75) is 17.5 Å². The van der Waals surface area contributed by atoms with E-state index in [1.54, 1.807) is 55.6 Å². The summed E-state index contributed by atoms with van der Waals surface area (Å²) in [7, 11) is 1.56. The summed E-state index contributed by atoms with van der Waals surface area (Å²) >= 11 is 0.866. The van der Waals surface area contributed by atoms with Crippen LogP contribution in [-0.4, -0.2) is 18.4 Å². The van der Waals surface area contributed by atoms with Gasteiger partial charge in [0.25, 0.3) is 0 Å². The largest absolute Gasteiger partial charge is 0.497 e. The van der Waals surface area contributed by atoms with Crippen molar-refractivity contribution in [3.63, 3.8) is 0 Å². The Morgan fingerprint density at radius 1 is 1.32 bits per heavy atom. The molecule has 112 valence electrons. The van der Waals surface area contributed by atoms with Gasteiger partial charge in [0.15, 0.2) is 6.17 Å². The van der Waals surface area contributed by atoms with Crippen molar-refractivity contribution in [2.75, 3.05) is 7.11 Å². The lowest BCUT2D eigenvalue weighted by molar-refractivity contribution is -0.115. The molecule has 0 aliphatic rings. The van der Waals surface area contributed by atoms with Crippen LogP contribution in [0, 0.1) is 11.3 Å². The van der Waals surface area contributed by atoms with Crippen LogP contribution in [0.1, 0.15) is 11.1 Å². The van der Waals surface area contributed by atoms with Crippen LogP contribution in [0.3, 0.4) is 0 Å². The van der Waals surface area contributed by atoms with Crippen molar-refractivity contribution in [3.05, 3.63) is 59.7 Å². The van der Waals surface area contributed by atoms with E-state index in [1.165, 1.54) is 0 Å². The van der Waals surface area contributed by atoms with Crippen LogP contribution in [0.5, 0.6) is 5.75 Å². The maximum atomic E-state index is 14.1. The Bertz CT molecular complexity index is 695. The molecule has 22 heavy (non-hydrogen) atoms. The van der Waals surface area contributed by atoms with E-state index in [-0.39, 0.29) is 6.42 Å². The summed E-state index contributed by atoms with van der Waals surface area (Å²) in [6.45, 7) is 0. The first kappa shape index (κ1) is 16.1. The van der Waals surface area contributed by atoms with E-state index < -0.39 is 11.3 Å². The standard InChI is InChI=1S/C17H14FNO2S/c1-21-14-5-7-15(8-6-14)22-17(20)16(18)10-12-3-2-4-13(9-12)11-19/h2-9,16H,10H2,1H3. The van der Waals surface area contributed by atoms with Gasteiger partial charge in [-0.3, -0.25) is 4.79 Å². The lowest BCUT2D eigenvalue weighted by Crippen LogP contribution is -2.15. The smallest absolute Gasteiger partial charge is 0.228 e. The number of alkyl halides is 1. The highest BCUT2D eigenvalue weighted by molar-refractivity contribution is 8.13. The molecule has 0 amide bonds. The van der Waals surface area contributed by atoms with Crippen LogP contribution in [0.25, 0.3) is 0 Å². The number of methoxy groups -OCH3 is 1. The summed E-state index contributed by atoms with van der Waals surface area (Å²) in [6, 6.07) is 15.5. The number of hydrogen-bond acceptors (Lipinski definition) is 4. The first-order valence-electron chi connectivity index (χ1n) is 6.61. The Morgan fingerprint density at radius 3 is 2.68 bits per heavy atom. The molecule has 0 N–H and O–H groups in total. The molecule has 0 aliphatic heterocycles. The van der Waals surface area contributed by atoms with Crippen molar-refractivity contribution < 1.29 is 13.9 Å². The second kappa shape index (κ2) is 7.62. The molecule has 0 saturated carbocycles. The monoisotopic (exact) mass is 315 g/mol. The highest BCUT2D eigenvalue weighted by Gasteiger charge is 2.19. The summed E-state index contributed by atoms with van der Waals surface area (Å²) in [5, 5.41) is 8.27. The van der Waals surface area contributed by atoms with E-state index in [0.29, 0.717) is 21.8 Å². The highest BCUT2D eigenvalue weighted by Crippen LogP contribution is 2.25. The molecule has 1 atom stereocenters. The summed E-state index contributed by atoms with van der Waals surface area (Å²) < 4.78 is 19.1. The number of halogens is 1. The third-order valence-corrected chi connectivity index (χ3v) is 3.97. The second-order valence-corrected chi connectivity index (χ2v) is 5.66. The fourth-order valence-corrected chi connectivity index (χ4v) is 2.60.